The Kier molecular flexibility index (Phi) is 3.56. The third-order valence-electron chi connectivity index (χ3n) is 2.74. The molecule has 1 aliphatic carbocycles. The van der Waals surface area contributed by atoms with Gasteiger partial charge in [0.1, 0.15) is 10.7 Å². The second-order valence-corrected chi connectivity index (χ2v) is 5.10. The Hall–Kier alpha value is -0.940. The van der Waals surface area contributed by atoms with Gasteiger partial charge in [0.05, 0.1) is 6.61 Å². The van der Waals surface area contributed by atoms with Crippen molar-refractivity contribution in [3.63, 3.8) is 0 Å². The summed E-state index contributed by atoms with van der Waals surface area (Å²) in [6.07, 6.45) is 2.46. The van der Waals surface area contributed by atoms with Crippen LogP contribution in [-0.2, 0) is 11.3 Å². The van der Waals surface area contributed by atoms with Crippen molar-refractivity contribution >= 4 is 17.2 Å². The Bertz CT molecular complexity index is 374. The van der Waals surface area contributed by atoms with Crippen LogP contribution < -0.4 is 5.32 Å². The third-order valence-corrected chi connectivity index (χ3v) is 3.56. The van der Waals surface area contributed by atoms with E-state index >= 15 is 0 Å². The summed E-state index contributed by atoms with van der Waals surface area (Å²) in [4.78, 5) is 16.0. The Morgan fingerprint density at radius 1 is 1.75 bits per heavy atom. The highest BCUT2D eigenvalue weighted by atomic mass is 32.1. The van der Waals surface area contributed by atoms with Gasteiger partial charge in [-0.15, -0.1) is 11.3 Å². The monoisotopic (exact) mass is 240 g/mol. The molecule has 1 amide bonds. The number of rotatable bonds is 5. The number of thiazole rings is 1. The Labute approximate surface area is 99.0 Å². The number of hydrogen-bond donors (Lipinski definition) is 1. The molecule has 0 bridgehead atoms. The van der Waals surface area contributed by atoms with E-state index in [2.05, 4.69) is 17.2 Å². The number of nitrogens with zero attached hydrogens (tertiary/aromatic N) is 1. The summed E-state index contributed by atoms with van der Waals surface area (Å²) in [5.41, 5.74) is 0.504. The lowest BCUT2D eigenvalue weighted by Crippen LogP contribution is -2.34. The zero-order valence-electron chi connectivity index (χ0n) is 9.53. The van der Waals surface area contributed by atoms with E-state index in [1.807, 2.05) is 0 Å². The van der Waals surface area contributed by atoms with Gasteiger partial charge in [0.25, 0.3) is 5.91 Å². The highest BCUT2D eigenvalue weighted by molar-refractivity contribution is 7.09. The van der Waals surface area contributed by atoms with Crippen molar-refractivity contribution in [2.75, 3.05) is 7.11 Å². The number of hydrogen-bond acceptors (Lipinski definition) is 4. The molecular formula is C11H16N2O2S. The van der Waals surface area contributed by atoms with E-state index in [0.29, 0.717) is 18.2 Å². The molecule has 0 aliphatic heterocycles. The lowest BCUT2D eigenvalue weighted by Gasteiger charge is -2.10. The summed E-state index contributed by atoms with van der Waals surface area (Å²) in [6, 6.07) is 0.264. The molecule has 0 saturated heterocycles. The molecule has 1 aromatic heterocycles. The fourth-order valence-corrected chi connectivity index (χ4v) is 2.34. The molecule has 1 heterocycles. The quantitative estimate of drug-likeness (QED) is 0.854. The number of amides is 1. The number of carbonyl (C=O) groups is 1. The summed E-state index contributed by atoms with van der Waals surface area (Å²) >= 11 is 1.46. The first-order valence-corrected chi connectivity index (χ1v) is 6.33. The highest BCUT2D eigenvalue weighted by Gasteiger charge is 2.29. The minimum Gasteiger partial charge on any atom is -0.378 e. The van der Waals surface area contributed by atoms with Crippen LogP contribution in [0.4, 0.5) is 0 Å². The van der Waals surface area contributed by atoms with Gasteiger partial charge in [-0.25, -0.2) is 4.98 Å². The first-order valence-electron chi connectivity index (χ1n) is 5.45. The van der Waals surface area contributed by atoms with Gasteiger partial charge in [0.15, 0.2) is 0 Å². The average molecular weight is 240 g/mol. The van der Waals surface area contributed by atoms with Gasteiger partial charge in [0.2, 0.25) is 0 Å². The minimum atomic E-state index is -0.0713. The third kappa shape index (κ3) is 2.80. The van der Waals surface area contributed by atoms with Crippen LogP contribution in [0.3, 0.4) is 0 Å². The molecule has 5 heteroatoms. The van der Waals surface area contributed by atoms with Crippen LogP contribution in [0.5, 0.6) is 0 Å². The number of ether oxygens (including phenoxy) is 1. The van der Waals surface area contributed by atoms with Gasteiger partial charge >= 0.3 is 0 Å². The number of aromatic nitrogens is 1. The standard InChI is InChI=1S/C11H16N2O2S/c1-7(8-3-4-8)12-11(14)9-6-16-10(13-9)5-15-2/h6-8H,3-5H2,1-2H3,(H,12,14). The second kappa shape index (κ2) is 4.93. The van der Waals surface area contributed by atoms with E-state index in [-0.39, 0.29) is 11.9 Å². The summed E-state index contributed by atoms with van der Waals surface area (Å²) in [5, 5.41) is 5.60. The molecule has 1 N–H and O–H groups in total. The molecule has 1 atom stereocenters. The minimum absolute atomic E-state index is 0.0713. The van der Waals surface area contributed by atoms with E-state index < -0.39 is 0 Å². The van der Waals surface area contributed by atoms with Crippen molar-refractivity contribution in [3.8, 4) is 0 Å². The number of carbonyl (C=O) groups excluding carboxylic acids is 1. The van der Waals surface area contributed by atoms with Crippen LogP contribution in [0.2, 0.25) is 0 Å². The molecule has 4 nitrogen and oxygen atoms in total. The van der Waals surface area contributed by atoms with Gasteiger partial charge in [-0.05, 0) is 25.7 Å². The van der Waals surface area contributed by atoms with E-state index in [9.17, 15) is 4.79 Å². The van der Waals surface area contributed by atoms with Gasteiger partial charge in [0, 0.05) is 18.5 Å². The van der Waals surface area contributed by atoms with Crippen molar-refractivity contribution < 1.29 is 9.53 Å². The van der Waals surface area contributed by atoms with E-state index in [4.69, 9.17) is 4.74 Å². The largest absolute Gasteiger partial charge is 0.378 e. The van der Waals surface area contributed by atoms with Crippen LogP contribution in [-0.4, -0.2) is 24.0 Å². The summed E-state index contributed by atoms with van der Waals surface area (Å²) in [5.74, 6) is 0.596. The van der Waals surface area contributed by atoms with Crippen LogP contribution in [0, 0.1) is 5.92 Å². The molecule has 0 aromatic carbocycles. The first kappa shape index (κ1) is 11.5. The lowest BCUT2D eigenvalue weighted by molar-refractivity contribution is 0.0931. The first-order chi connectivity index (χ1) is 7.70. The summed E-state index contributed by atoms with van der Waals surface area (Å²) < 4.78 is 4.97. The van der Waals surface area contributed by atoms with Gasteiger partial charge in [-0.2, -0.15) is 0 Å². The zero-order chi connectivity index (χ0) is 11.5. The second-order valence-electron chi connectivity index (χ2n) is 4.16. The molecule has 88 valence electrons. The smallest absolute Gasteiger partial charge is 0.270 e. The predicted octanol–water partition coefficient (Wildman–Crippen LogP) is 1.82. The SMILES string of the molecule is COCc1nc(C(=O)NC(C)C2CC2)cs1. The van der Waals surface area contributed by atoms with Crippen LogP contribution in [0.1, 0.15) is 35.3 Å². The molecule has 1 saturated carbocycles. The molecular weight excluding hydrogens is 224 g/mol. The molecule has 16 heavy (non-hydrogen) atoms. The predicted molar refractivity (Wildman–Crippen MR) is 62.5 cm³/mol. The van der Waals surface area contributed by atoms with Crippen LogP contribution in [0.15, 0.2) is 5.38 Å². The van der Waals surface area contributed by atoms with Gasteiger partial charge < -0.3 is 10.1 Å². The normalized spacial score (nSPS) is 17.1. The van der Waals surface area contributed by atoms with Crippen molar-refractivity contribution in [1.82, 2.24) is 10.3 Å². The zero-order valence-corrected chi connectivity index (χ0v) is 10.3. The Balaban J connectivity index is 1.91. The summed E-state index contributed by atoms with van der Waals surface area (Å²) in [7, 11) is 1.62. The maximum absolute atomic E-state index is 11.8. The fraction of sp³-hybridized carbons (Fsp3) is 0.636. The topological polar surface area (TPSA) is 51.2 Å². The molecule has 1 aliphatic rings. The molecule has 0 radical (unpaired) electrons. The Morgan fingerprint density at radius 3 is 3.12 bits per heavy atom. The molecule has 2 rings (SSSR count). The lowest BCUT2D eigenvalue weighted by atomic mass is 10.2. The fourth-order valence-electron chi connectivity index (χ4n) is 1.60. The van der Waals surface area contributed by atoms with Gasteiger partial charge in [-0.3, -0.25) is 4.79 Å². The van der Waals surface area contributed by atoms with Crippen molar-refractivity contribution in [3.05, 3.63) is 16.1 Å². The van der Waals surface area contributed by atoms with Crippen molar-refractivity contribution in [2.45, 2.75) is 32.4 Å². The van der Waals surface area contributed by atoms with Crippen LogP contribution >= 0.6 is 11.3 Å². The van der Waals surface area contributed by atoms with Crippen molar-refractivity contribution in [2.24, 2.45) is 5.92 Å². The number of nitrogens with one attached hydrogen (secondary N) is 1. The van der Waals surface area contributed by atoms with Crippen LogP contribution in [0.25, 0.3) is 0 Å². The van der Waals surface area contributed by atoms with Gasteiger partial charge in [-0.1, -0.05) is 0 Å². The maximum atomic E-state index is 11.8. The molecule has 1 fully saturated rings. The van der Waals surface area contributed by atoms with E-state index in [1.165, 1.54) is 24.2 Å². The van der Waals surface area contributed by atoms with E-state index in [0.717, 1.165) is 5.01 Å². The highest BCUT2D eigenvalue weighted by Crippen LogP contribution is 2.32. The summed E-state index contributed by atoms with van der Waals surface area (Å²) in [6.45, 7) is 2.52. The molecule has 1 unspecified atom stereocenters. The molecule has 0 spiro atoms. The number of methoxy groups -OCH3 is 1. The Morgan fingerprint density at radius 2 is 2.50 bits per heavy atom. The average Bonchev–Trinajstić information content (AvgIpc) is 3.00. The maximum Gasteiger partial charge on any atom is 0.270 e. The van der Waals surface area contributed by atoms with Crippen molar-refractivity contribution in [1.29, 1.82) is 0 Å². The molecule has 1 aromatic rings. The van der Waals surface area contributed by atoms with E-state index in [1.54, 1.807) is 12.5 Å².